The maximum Gasteiger partial charge on any atom is 0.177 e. The molecule has 0 aromatic rings. The molecule has 0 saturated heterocycles. The van der Waals surface area contributed by atoms with Gasteiger partial charge in [0.05, 0.1) is 0 Å². The van der Waals surface area contributed by atoms with Crippen LogP contribution in [0.4, 0.5) is 0 Å². The molecule has 0 unspecified atom stereocenters. The van der Waals surface area contributed by atoms with E-state index in [2.05, 4.69) is 0 Å². The Labute approximate surface area is 73.3 Å². The number of carbonyl (C=O) groups is 1. The SMILES string of the molecule is CC(C)C(=O)C(C#N)=CN(C)C. The zero-order valence-electron chi connectivity index (χ0n) is 7.96. The molecule has 3 nitrogen and oxygen atoms in total. The summed E-state index contributed by atoms with van der Waals surface area (Å²) in [5, 5.41) is 8.63. The largest absolute Gasteiger partial charge is 0.382 e. The van der Waals surface area contributed by atoms with Gasteiger partial charge in [-0.3, -0.25) is 4.79 Å². The monoisotopic (exact) mass is 166 g/mol. The summed E-state index contributed by atoms with van der Waals surface area (Å²) >= 11 is 0. The normalized spacial score (nSPS) is 11.2. The molecular weight excluding hydrogens is 152 g/mol. The van der Waals surface area contributed by atoms with E-state index in [-0.39, 0.29) is 17.3 Å². The minimum absolute atomic E-state index is 0.105. The Hall–Kier alpha value is -1.30. The summed E-state index contributed by atoms with van der Waals surface area (Å²) in [7, 11) is 3.57. The van der Waals surface area contributed by atoms with Gasteiger partial charge < -0.3 is 4.90 Å². The fraction of sp³-hybridized carbons (Fsp3) is 0.556. The fourth-order valence-corrected chi connectivity index (χ4v) is 0.717. The third kappa shape index (κ3) is 3.20. The van der Waals surface area contributed by atoms with Crippen molar-refractivity contribution < 1.29 is 4.79 Å². The van der Waals surface area contributed by atoms with E-state index in [9.17, 15) is 4.79 Å². The third-order valence-corrected chi connectivity index (χ3v) is 1.30. The topological polar surface area (TPSA) is 44.1 Å². The number of allylic oxidation sites excluding steroid dienone is 1. The molecule has 0 fully saturated rings. The summed E-state index contributed by atoms with van der Waals surface area (Å²) in [6, 6.07) is 1.88. The summed E-state index contributed by atoms with van der Waals surface area (Å²) in [5.74, 6) is -0.220. The lowest BCUT2D eigenvalue weighted by Crippen LogP contribution is -2.12. The van der Waals surface area contributed by atoms with E-state index in [0.717, 1.165) is 0 Å². The number of rotatable bonds is 3. The standard InChI is InChI=1S/C9H14N2O/c1-7(2)9(12)8(5-10)6-11(3)4/h6-7H,1-4H3. The summed E-state index contributed by atoms with van der Waals surface area (Å²) in [6.07, 6.45) is 1.54. The van der Waals surface area contributed by atoms with Crippen molar-refractivity contribution in [2.24, 2.45) is 5.92 Å². The van der Waals surface area contributed by atoms with E-state index in [0.29, 0.717) is 0 Å². The summed E-state index contributed by atoms with van der Waals surface area (Å²) < 4.78 is 0. The molecule has 0 atom stereocenters. The van der Waals surface area contributed by atoms with Crippen molar-refractivity contribution in [2.75, 3.05) is 14.1 Å². The first-order valence-electron chi connectivity index (χ1n) is 3.81. The van der Waals surface area contributed by atoms with Gasteiger partial charge in [-0.05, 0) is 0 Å². The molecule has 0 spiro atoms. The highest BCUT2D eigenvalue weighted by molar-refractivity contribution is 6.00. The van der Waals surface area contributed by atoms with Gasteiger partial charge >= 0.3 is 0 Å². The summed E-state index contributed by atoms with van der Waals surface area (Å²) in [5.41, 5.74) is 0.218. The third-order valence-electron chi connectivity index (χ3n) is 1.30. The molecule has 0 aliphatic rings. The van der Waals surface area contributed by atoms with Crippen LogP contribution in [0.2, 0.25) is 0 Å². The number of nitriles is 1. The first-order valence-corrected chi connectivity index (χ1v) is 3.81. The van der Waals surface area contributed by atoms with Gasteiger partial charge in [-0.1, -0.05) is 13.8 Å². The molecular formula is C9H14N2O. The second-order valence-electron chi connectivity index (χ2n) is 3.14. The zero-order valence-corrected chi connectivity index (χ0v) is 7.96. The predicted octanol–water partition coefficient (Wildman–Crippen LogP) is 1.18. The van der Waals surface area contributed by atoms with Gasteiger partial charge in [0.2, 0.25) is 0 Å². The van der Waals surface area contributed by atoms with Gasteiger partial charge in [0.25, 0.3) is 0 Å². The summed E-state index contributed by atoms with van der Waals surface area (Å²) in [4.78, 5) is 13.0. The number of hydrogen-bond acceptors (Lipinski definition) is 3. The number of Topliss-reactive ketones (excluding diaryl/α,β-unsaturated/α-hetero) is 1. The molecule has 12 heavy (non-hydrogen) atoms. The lowest BCUT2D eigenvalue weighted by Gasteiger charge is -2.07. The van der Waals surface area contributed by atoms with Crippen molar-refractivity contribution in [1.82, 2.24) is 4.90 Å². The maximum absolute atomic E-state index is 11.3. The second kappa shape index (κ2) is 4.55. The van der Waals surface area contributed by atoms with E-state index in [1.165, 1.54) is 0 Å². The predicted molar refractivity (Wildman–Crippen MR) is 47.2 cm³/mol. The van der Waals surface area contributed by atoms with Gasteiger partial charge in [-0.15, -0.1) is 0 Å². The Morgan fingerprint density at radius 2 is 2.00 bits per heavy atom. The fourth-order valence-electron chi connectivity index (χ4n) is 0.717. The number of carbonyl (C=O) groups excluding carboxylic acids is 1. The highest BCUT2D eigenvalue weighted by Crippen LogP contribution is 2.04. The minimum atomic E-state index is -0.115. The van der Waals surface area contributed by atoms with Crippen LogP contribution in [0.3, 0.4) is 0 Å². The highest BCUT2D eigenvalue weighted by Gasteiger charge is 2.12. The zero-order chi connectivity index (χ0) is 9.72. The average molecular weight is 166 g/mol. The quantitative estimate of drug-likeness (QED) is 0.467. The van der Waals surface area contributed by atoms with Crippen LogP contribution >= 0.6 is 0 Å². The molecule has 0 aromatic heterocycles. The first kappa shape index (κ1) is 10.7. The average Bonchev–Trinajstić information content (AvgIpc) is 1.98. The van der Waals surface area contributed by atoms with Crippen LogP contribution in [0.25, 0.3) is 0 Å². The van der Waals surface area contributed by atoms with Crippen molar-refractivity contribution in [1.29, 1.82) is 5.26 Å². The van der Waals surface area contributed by atoms with E-state index in [1.807, 2.05) is 6.07 Å². The van der Waals surface area contributed by atoms with E-state index in [1.54, 1.807) is 39.0 Å². The molecule has 0 saturated carbocycles. The van der Waals surface area contributed by atoms with Gasteiger partial charge in [-0.25, -0.2) is 0 Å². The van der Waals surface area contributed by atoms with Crippen LogP contribution in [0.1, 0.15) is 13.8 Å². The van der Waals surface area contributed by atoms with Gasteiger partial charge in [0.1, 0.15) is 11.6 Å². The Kier molecular flexibility index (Phi) is 4.06. The molecule has 0 bridgehead atoms. The molecule has 3 heteroatoms. The summed E-state index contributed by atoms with van der Waals surface area (Å²) in [6.45, 7) is 3.56. The molecule has 0 amide bonds. The van der Waals surface area contributed by atoms with Crippen LogP contribution in [-0.2, 0) is 4.79 Å². The van der Waals surface area contributed by atoms with Crippen LogP contribution in [0.15, 0.2) is 11.8 Å². The maximum atomic E-state index is 11.3. The van der Waals surface area contributed by atoms with Crippen molar-refractivity contribution in [3.05, 3.63) is 11.8 Å². The lowest BCUT2D eigenvalue weighted by molar-refractivity contribution is -0.117. The molecule has 0 heterocycles. The van der Waals surface area contributed by atoms with Gasteiger partial charge in [-0.2, -0.15) is 5.26 Å². The molecule has 0 aliphatic heterocycles. The minimum Gasteiger partial charge on any atom is -0.382 e. The molecule has 0 aromatic carbocycles. The van der Waals surface area contributed by atoms with E-state index in [4.69, 9.17) is 5.26 Å². The Morgan fingerprint density at radius 1 is 1.50 bits per heavy atom. The molecule has 0 aliphatic carbocycles. The number of nitrogens with zero attached hydrogens (tertiary/aromatic N) is 2. The Morgan fingerprint density at radius 3 is 2.25 bits per heavy atom. The molecule has 0 N–H and O–H groups in total. The van der Waals surface area contributed by atoms with Crippen molar-refractivity contribution >= 4 is 5.78 Å². The number of hydrogen-bond donors (Lipinski definition) is 0. The van der Waals surface area contributed by atoms with Crippen molar-refractivity contribution in [3.63, 3.8) is 0 Å². The van der Waals surface area contributed by atoms with Gasteiger partial charge in [0.15, 0.2) is 5.78 Å². The number of ketones is 1. The molecule has 0 radical (unpaired) electrons. The first-order chi connectivity index (χ1) is 5.49. The van der Waals surface area contributed by atoms with Crippen molar-refractivity contribution in [3.8, 4) is 6.07 Å². The highest BCUT2D eigenvalue weighted by atomic mass is 16.1. The Bertz CT molecular complexity index is 233. The van der Waals surface area contributed by atoms with E-state index >= 15 is 0 Å². The Balaban J connectivity index is 4.60. The lowest BCUT2D eigenvalue weighted by atomic mass is 10.0. The van der Waals surface area contributed by atoms with Gasteiger partial charge in [0, 0.05) is 26.2 Å². The van der Waals surface area contributed by atoms with Crippen LogP contribution in [0.5, 0.6) is 0 Å². The van der Waals surface area contributed by atoms with Crippen LogP contribution in [-0.4, -0.2) is 24.8 Å². The second-order valence-corrected chi connectivity index (χ2v) is 3.14. The van der Waals surface area contributed by atoms with Crippen LogP contribution in [0, 0.1) is 17.2 Å². The molecule has 66 valence electrons. The van der Waals surface area contributed by atoms with Crippen LogP contribution < -0.4 is 0 Å². The smallest absolute Gasteiger partial charge is 0.177 e. The molecule has 0 rings (SSSR count). The van der Waals surface area contributed by atoms with E-state index < -0.39 is 0 Å². The van der Waals surface area contributed by atoms with Crippen molar-refractivity contribution in [2.45, 2.75) is 13.8 Å².